The summed E-state index contributed by atoms with van der Waals surface area (Å²) in [6.07, 6.45) is 3.75. The van der Waals surface area contributed by atoms with Crippen LogP contribution in [0.25, 0.3) is 10.9 Å². The highest BCUT2D eigenvalue weighted by Crippen LogP contribution is 2.30. The van der Waals surface area contributed by atoms with Gasteiger partial charge in [-0.1, -0.05) is 0 Å². The van der Waals surface area contributed by atoms with E-state index < -0.39 is 23.0 Å². The lowest BCUT2D eigenvalue weighted by Gasteiger charge is -2.30. The van der Waals surface area contributed by atoms with Gasteiger partial charge < -0.3 is 9.30 Å². The number of halogens is 3. The fraction of sp³-hybridized carbons (Fsp3) is 0.375. The summed E-state index contributed by atoms with van der Waals surface area (Å²) < 4.78 is 48.9. The Morgan fingerprint density at radius 3 is 2.44 bits per heavy atom. The molecule has 2 aromatic carbocycles. The maximum Gasteiger partial charge on any atom is 0.280 e. The first-order chi connectivity index (χ1) is 16.3. The fourth-order valence-electron chi connectivity index (χ4n) is 4.25. The number of rotatable bonds is 6. The average Bonchev–Trinajstić information content (AvgIpc) is 2.82. The summed E-state index contributed by atoms with van der Waals surface area (Å²) in [5.41, 5.74) is -0.431. The highest BCUT2D eigenvalue weighted by molar-refractivity contribution is 5.79. The molecule has 0 saturated heterocycles. The van der Waals surface area contributed by atoms with Crippen molar-refractivity contribution >= 4 is 16.8 Å². The number of benzene rings is 2. The van der Waals surface area contributed by atoms with Crippen molar-refractivity contribution in [2.75, 3.05) is 14.2 Å². The van der Waals surface area contributed by atoms with Crippen molar-refractivity contribution in [2.45, 2.75) is 38.3 Å². The summed E-state index contributed by atoms with van der Waals surface area (Å²) in [7, 11) is 3.03. The third-order valence-corrected chi connectivity index (χ3v) is 6.17. The van der Waals surface area contributed by atoms with E-state index in [0.717, 1.165) is 0 Å². The molecule has 1 amide bonds. The predicted molar refractivity (Wildman–Crippen MR) is 118 cm³/mol. The SMILES string of the molecule is CON(C)C(=O)C1CCC(Oc2ccc3c(c2)c(=O)ncn3Cc2c(F)cc(F)cc2F)CC1. The smallest absolute Gasteiger partial charge is 0.280 e. The highest BCUT2D eigenvalue weighted by atomic mass is 19.1. The van der Waals surface area contributed by atoms with Gasteiger partial charge >= 0.3 is 0 Å². The number of hydrogen-bond donors (Lipinski definition) is 0. The molecule has 1 heterocycles. The van der Waals surface area contributed by atoms with E-state index in [1.807, 2.05) is 0 Å². The molecular formula is C24H24F3N3O4. The van der Waals surface area contributed by atoms with Gasteiger partial charge in [-0.25, -0.2) is 18.2 Å². The summed E-state index contributed by atoms with van der Waals surface area (Å²) in [4.78, 5) is 33.4. The Balaban J connectivity index is 1.51. The largest absolute Gasteiger partial charge is 0.490 e. The number of hydrogen-bond acceptors (Lipinski definition) is 5. The van der Waals surface area contributed by atoms with Crippen molar-refractivity contribution in [3.05, 3.63) is 70.0 Å². The van der Waals surface area contributed by atoms with Gasteiger partial charge in [-0.15, -0.1) is 0 Å². The summed E-state index contributed by atoms with van der Waals surface area (Å²) in [5, 5.41) is 1.46. The van der Waals surface area contributed by atoms with Crippen LogP contribution in [0.1, 0.15) is 31.2 Å². The monoisotopic (exact) mass is 475 g/mol. The van der Waals surface area contributed by atoms with Crippen molar-refractivity contribution in [1.82, 2.24) is 14.6 Å². The number of fused-ring (bicyclic) bond motifs is 1. The third-order valence-electron chi connectivity index (χ3n) is 6.17. The van der Waals surface area contributed by atoms with E-state index in [-0.39, 0.29) is 35.4 Å². The van der Waals surface area contributed by atoms with Gasteiger partial charge in [-0.3, -0.25) is 14.4 Å². The Bertz CT molecular complexity index is 1250. The van der Waals surface area contributed by atoms with Gasteiger partial charge in [0.15, 0.2) is 0 Å². The van der Waals surface area contributed by atoms with E-state index in [1.54, 1.807) is 25.2 Å². The molecule has 1 fully saturated rings. The van der Waals surface area contributed by atoms with Gasteiger partial charge in [0, 0.05) is 30.7 Å². The number of nitrogens with zero attached hydrogens (tertiary/aromatic N) is 3. The van der Waals surface area contributed by atoms with Crippen LogP contribution < -0.4 is 10.3 Å². The van der Waals surface area contributed by atoms with Crippen LogP contribution in [0.2, 0.25) is 0 Å². The molecule has 1 aromatic heterocycles. The molecule has 0 unspecified atom stereocenters. The quantitative estimate of drug-likeness (QED) is 0.507. The third kappa shape index (κ3) is 4.91. The van der Waals surface area contributed by atoms with E-state index in [0.29, 0.717) is 49.1 Å². The zero-order valence-electron chi connectivity index (χ0n) is 18.8. The van der Waals surface area contributed by atoms with Crippen LogP contribution in [0, 0.1) is 23.4 Å². The molecular weight excluding hydrogens is 451 g/mol. The molecule has 1 aliphatic carbocycles. The molecule has 7 nitrogen and oxygen atoms in total. The van der Waals surface area contributed by atoms with Crippen LogP contribution in [-0.4, -0.2) is 40.8 Å². The summed E-state index contributed by atoms with van der Waals surface area (Å²) in [6, 6.07) is 6.06. The summed E-state index contributed by atoms with van der Waals surface area (Å²) in [6.45, 7) is -0.268. The first-order valence-electron chi connectivity index (χ1n) is 10.9. The van der Waals surface area contributed by atoms with E-state index in [1.165, 1.54) is 23.1 Å². The maximum atomic E-state index is 14.1. The van der Waals surface area contributed by atoms with Crippen LogP contribution in [0.4, 0.5) is 13.2 Å². The Morgan fingerprint density at radius 1 is 1.12 bits per heavy atom. The van der Waals surface area contributed by atoms with Gasteiger partial charge in [0.2, 0.25) is 5.91 Å². The number of ether oxygens (including phenoxy) is 1. The molecule has 3 aromatic rings. The minimum atomic E-state index is -1.02. The van der Waals surface area contributed by atoms with Crippen molar-refractivity contribution in [3.63, 3.8) is 0 Å². The molecule has 180 valence electrons. The van der Waals surface area contributed by atoms with E-state index in [9.17, 15) is 22.8 Å². The zero-order chi connectivity index (χ0) is 24.4. The van der Waals surface area contributed by atoms with Crippen LogP contribution in [0.5, 0.6) is 5.75 Å². The Hall–Kier alpha value is -3.40. The standard InChI is InChI=1S/C24H24F3N3O4/c1-29(33-2)24(32)14-3-5-16(6-4-14)34-17-7-8-22-18(11-17)23(31)28-13-30(22)12-19-20(26)9-15(25)10-21(19)27/h7-11,13-14,16H,3-6,12H2,1-2H3. The molecule has 1 aliphatic rings. The van der Waals surface area contributed by atoms with E-state index in [2.05, 4.69) is 4.98 Å². The zero-order valence-corrected chi connectivity index (χ0v) is 18.8. The molecule has 0 atom stereocenters. The second-order valence-corrected chi connectivity index (χ2v) is 8.31. The average molecular weight is 475 g/mol. The maximum absolute atomic E-state index is 14.1. The number of aromatic nitrogens is 2. The number of carbonyl (C=O) groups excluding carboxylic acids is 1. The Morgan fingerprint density at radius 2 is 1.79 bits per heavy atom. The van der Waals surface area contributed by atoms with Gasteiger partial charge in [0.1, 0.15) is 23.2 Å². The molecule has 10 heteroatoms. The highest BCUT2D eigenvalue weighted by Gasteiger charge is 2.29. The van der Waals surface area contributed by atoms with E-state index >= 15 is 0 Å². The summed E-state index contributed by atoms with van der Waals surface area (Å²) >= 11 is 0. The minimum absolute atomic E-state index is 0.0627. The second-order valence-electron chi connectivity index (χ2n) is 8.31. The summed E-state index contributed by atoms with van der Waals surface area (Å²) in [5.74, 6) is -2.76. The molecule has 0 spiro atoms. The van der Waals surface area contributed by atoms with Crippen LogP contribution in [-0.2, 0) is 16.2 Å². The second kappa shape index (κ2) is 9.84. The topological polar surface area (TPSA) is 73.7 Å². The predicted octanol–water partition coefficient (Wildman–Crippen LogP) is 3.82. The lowest BCUT2D eigenvalue weighted by atomic mass is 9.86. The Labute approximate surface area is 193 Å². The number of amides is 1. The molecule has 4 rings (SSSR count). The number of hydroxylamine groups is 2. The first kappa shape index (κ1) is 23.7. The number of carbonyl (C=O) groups is 1. The lowest BCUT2D eigenvalue weighted by Crippen LogP contribution is -2.36. The molecule has 34 heavy (non-hydrogen) atoms. The first-order valence-corrected chi connectivity index (χ1v) is 10.9. The Kier molecular flexibility index (Phi) is 6.87. The molecule has 1 saturated carbocycles. The normalized spacial score (nSPS) is 18.1. The van der Waals surface area contributed by atoms with Gasteiger partial charge in [0.05, 0.1) is 37.0 Å². The molecule has 0 aliphatic heterocycles. The molecule has 0 N–H and O–H groups in total. The fourth-order valence-corrected chi connectivity index (χ4v) is 4.25. The lowest BCUT2D eigenvalue weighted by molar-refractivity contribution is -0.174. The molecule has 0 bridgehead atoms. The van der Waals surface area contributed by atoms with Gasteiger partial charge in [-0.2, -0.15) is 4.98 Å². The van der Waals surface area contributed by atoms with Crippen molar-refractivity contribution in [2.24, 2.45) is 5.92 Å². The van der Waals surface area contributed by atoms with Crippen LogP contribution in [0.3, 0.4) is 0 Å². The van der Waals surface area contributed by atoms with Crippen molar-refractivity contribution < 1.29 is 27.5 Å². The van der Waals surface area contributed by atoms with Gasteiger partial charge in [-0.05, 0) is 43.9 Å². The van der Waals surface area contributed by atoms with Crippen molar-refractivity contribution in [3.8, 4) is 5.75 Å². The van der Waals surface area contributed by atoms with Crippen LogP contribution in [0.15, 0.2) is 41.5 Å². The van der Waals surface area contributed by atoms with E-state index in [4.69, 9.17) is 9.57 Å². The minimum Gasteiger partial charge on any atom is -0.490 e. The van der Waals surface area contributed by atoms with Crippen molar-refractivity contribution in [1.29, 1.82) is 0 Å². The van der Waals surface area contributed by atoms with Gasteiger partial charge in [0.25, 0.3) is 5.56 Å². The van der Waals surface area contributed by atoms with Crippen LogP contribution >= 0.6 is 0 Å². The molecule has 0 radical (unpaired) electrons.